The second-order valence-electron chi connectivity index (χ2n) is 6.29. The number of aryl methyl sites for hydroxylation is 3. The summed E-state index contributed by atoms with van der Waals surface area (Å²) in [6, 6.07) is 5.31. The maximum Gasteiger partial charge on any atom is 0.328 e. The highest BCUT2D eigenvalue weighted by Crippen LogP contribution is 2.22. The van der Waals surface area contributed by atoms with Crippen LogP contribution in [0.15, 0.2) is 18.2 Å². The Morgan fingerprint density at radius 1 is 1.22 bits per heavy atom. The molecule has 1 aliphatic rings. The fraction of sp³-hybridized carbons (Fsp3) is 0.556. The topological polar surface area (TPSA) is 86.6 Å². The van der Waals surface area contributed by atoms with Crippen LogP contribution in [-0.4, -0.2) is 34.2 Å². The number of rotatable bonds is 7. The largest absolute Gasteiger partial charge is 0.480 e. The summed E-state index contributed by atoms with van der Waals surface area (Å²) >= 11 is 0. The second kappa shape index (κ2) is 8.11. The van der Waals surface area contributed by atoms with Gasteiger partial charge in [0.2, 0.25) is 5.91 Å². The van der Waals surface area contributed by atoms with Gasteiger partial charge < -0.3 is 15.5 Å². The Bertz CT molecular complexity index is 568. The van der Waals surface area contributed by atoms with Crippen LogP contribution < -0.4 is 5.32 Å². The van der Waals surface area contributed by atoms with Crippen LogP contribution in [-0.2, 0) is 28.9 Å². The maximum absolute atomic E-state index is 11.8. The van der Waals surface area contributed by atoms with E-state index in [0.29, 0.717) is 6.42 Å². The second-order valence-corrected chi connectivity index (χ2v) is 6.29. The van der Waals surface area contributed by atoms with E-state index in [9.17, 15) is 14.7 Å². The molecule has 126 valence electrons. The van der Waals surface area contributed by atoms with Gasteiger partial charge in [-0.3, -0.25) is 4.79 Å². The van der Waals surface area contributed by atoms with Crippen molar-refractivity contribution >= 4 is 11.9 Å². The zero-order chi connectivity index (χ0) is 16.8. The van der Waals surface area contributed by atoms with E-state index in [-0.39, 0.29) is 12.3 Å². The first-order valence-corrected chi connectivity index (χ1v) is 8.28. The molecule has 0 fully saturated rings. The molecule has 2 rings (SSSR count). The number of carboxylic acids is 1. The number of hydrogen-bond donors (Lipinski definition) is 3. The van der Waals surface area contributed by atoms with Gasteiger partial charge in [-0.2, -0.15) is 0 Å². The minimum Gasteiger partial charge on any atom is -0.480 e. The van der Waals surface area contributed by atoms with Gasteiger partial charge in [0.15, 0.2) is 6.04 Å². The Kier molecular flexibility index (Phi) is 6.16. The molecule has 2 atom stereocenters. The number of aliphatic hydroxyl groups is 1. The third kappa shape index (κ3) is 5.06. The van der Waals surface area contributed by atoms with Crippen LogP contribution in [0.4, 0.5) is 0 Å². The molecule has 1 aromatic carbocycles. The van der Waals surface area contributed by atoms with Crippen molar-refractivity contribution in [2.45, 2.75) is 64.0 Å². The molecule has 0 aliphatic heterocycles. The van der Waals surface area contributed by atoms with Crippen LogP contribution in [0.1, 0.15) is 49.3 Å². The lowest BCUT2D eigenvalue weighted by Gasteiger charge is -2.17. The number of benzene rings is 1. The SMILES string of the molecule is CC(O)C(NC(=O)CCCc1ccc2c(c1)CCCC2)C(=O)O. The molecule has 0 radical (unpaired) electrons. The Hall–Kier alpha value is -1.88. The number of carboxylic acid groups (broad SMARTS) is 1. The lowest BCUT2D eigenvalue weighted by Crippen LogP contribution is -2.47. The fourth-order valence-electron chi connectivity index (χ4n) is 3.03. The molecule has 0 heterocycles. The maximum atomic E-state index is 11.8. The van der Waals surface area contributed by atoms with Gasteiger partial charge in [-0.1, -0.05) is 18.2 Å². The number of hydrogen-bond acceptors (Lipinski definition) is 3. The molecule has 3 N–H and O–H groups in total. The van der Waals surface area contributed by atoms with Gasteiger partial charge in [-0.05, 0) is 62.1 Å². The molecule has 0 aromatic heterocycles. The summed E-state index contributed by atoms with van der Waals surface area (Å²) in [4.78, 5) is 22.7. The van der Waals surface area contributed by atoms with Gasteiger partial charge in [-0.15, -0.1) is 0 Å². The normalized spacial score (nSPS) is 16.3. The van der Waals surface area contributed by atoms with Gasteiger partial charge in [0.1, 0.15) is 0 Å². The summed E-state index contributed by atoms with van der Waals surface area (Å²) in [5.74, 6) is -1.56. The third-order valence-electron chi connectivity index (χ3n) is 4.35. The molecular formula is C18H25NO4. The summed E-state index contributed by atoms with van der Waals surface area (Å²) in [5, 5.41) is 20.6. The van der Waals surface area contributed by atoms with Crippen molar-refractivity contribution in [2.24, 2.45) is 0 Å². The highest BCUT2D eigenvalue weighted by molar-refractivity contribution is 5.83. The molecule has 23 heavy (non-hydrogen) atoms. The molecule has 5 nitrogen and oxygen atoms in total. The Balaban J connectivity index is 1.80. The van der Waals surface area contributed by atoms with Crippen molar-refractivity contribution in [2.75, 3.05) is 0 Å². The monoisotopic (exact) mass is 319 g/mol. The van der Waals surface area contributed by atoms with Gasteiger partial charge in [0.25, 0.3) is 0 Å². The standard InChI is InChI=1S/C18H25NO4/c1-12(20)17(18(22)23)19-16(21)8-4-5-13-9-10-14-6-2-3-7-15(14)11-13/h9-12,17,20H,2-8H2,1H3,(H,19,21)(H,22,23). The summed E-state index contributed by atoms with van der Waals surface area (Å²) in [6.45, 7) is 1.35. The van der Waals surface area contributed by atoms with Gasteiger partial charge in [0.05, 0.1) is 6.10 Å². The first-order chi connectivity index (χ1) is 11.0. The lowest BCUT2D eigenvalue weighted by atomic mass is 9.89. The molecule has 1 amide bonds. The quantitative estimate of drug-likeness (QED) is 0.716. The predicted molar refractivity (Wildman–Crippen MR) is 87.3 cm³/mol. The first kappa shape index (κ1) is 17.5. The minimum absolute atomic E-state index is 0.258. The smallest absolute Gasteiger partial charge is 0.328 e. The van der Waals surface area contributed by atoms with E-state index in [1.165, 1.54) is 36.5 Å². The molecule has 2 unspecified atom stereocenters. The minimum atomic E-state index is -1.24. The molecule has 0 spiro atoms. The van der Waals surface area contributed by atoms with E-state index in [2.05, 4.69) is 23.5 Å². The van der Waals surface area contributed by atoms with E-state index in [1.807, 2.05) is 0 Å². The van der Waals surface area contributed by atoms with E-state index in [1.54, 1.807) is 0 Å². The summed E-state index contributed by atoms with van der Waals surface area (Å²) in [5.41, 5.74) is 4.10. The van der Waals surface area contributed by atoms with Crippen molar-refractivity contribution < 1.29 is 19.8 Å². The highest BCUT2D eigenvalue weighted by atomic mass is 16.4. The summed E-state index contributed by atoms with van der Waals surface area (Å²) < 4.78 is 0. The average molecular weight is 319 g/mol. The zero-order valence-electron chi connectivity index (χ0n) is 13.5. The molecule has 1 aliphatic carbocycles. The molecule has 0 bridgehead atoms. The van der Waals surface area contributed by atoms with Crippen molar-refractivity contribution in [1.29, 1.82) is 0 Å². The highest BCUT2D eigenvalue weighted by Gasteiger charge is 2.24. The molecule has 5 heteroatoms. The number of carbonyl (C=O) groups is 2. The van der Waals surface area contributed by atoms with E-state index in [4.69, 9.17) is 5.11 Å². The Morgan fingerprint density at radius 2 is 1.91 bits per heavy atom. The average Bonchev–Trinajstić information content (AvgIpc) is 2.52. The first-order valence-electron chi connectivity index (χ1n) is 8.28. The van der Waals surface area contributed by atoms with Crippen molar-refractivity contribution in [1.82, 2.24) is 5.32 Å². The third-order valence-corrected chi connectivity index (χ3v) is 4.35. The van der Waals surface area contributed by atoms with Crippen LogP contribution in [0.25, 0.3) is 0 Å². The van der Waals surface area contributed by atoms with Crippen LogP contribution in [0.2, 0.25) is 0 Å². The number of amides is 1. The fourth-order valence-corrected chi connectivity index (χ4v) is 3.03. The van der Waals surface area contributed by atoms with Gasteiger partial charge in [-0.25, -0.2) is 4.79 Å². The number of carbonyl (C=O) groups excluding carboxylic acids is 1. The van der Waals surface area contributed by atoms with Crippen molar-refractivity contribution in [3.63, 3.8) is 0 Å². The van der Waals surface area contributed by atoms with Gasteiger partial charge in [0, 0.05) is 6.42 Å². The van der Waals surface area contributed by atoms with E-state index < -0.39 is 18.1 Å². The van der Waals surface area contributed by atoms with Crippen molar-refractivity contribution in [3.05, 3.63) is 34.9 Å². The number of fused-ring (bicyclic) bond motifs is 1. The predicted octanol–water partition coefficient (Wildman–Crippen LogP) is 1.84. The summed E-state index contributed by atoms with van der Waals surface area (Å²) in [6.07, 6.45) is 5.41. The Labute approximate surface area is 136 Å². The van der Waals surface area contributed by atoms with Crippen molar-refractivity contribution in [3.8, 4) is 0 Å². The molecular weight excluding hydrogens is 294 g/mol. The van der Waals surface area contributed by atoms with Gasteiger partial charge >= 0.3 is 5.97 Å². The van der Waals surface area contributed by atoms with Crippen LogP contribution >= 0.6 is 0 Å². The molecule has 0 saturated heterocycles. The molecule has 1 aromatic rings. The van der Waals surface area contributed by atoms with Crippen LogP contribution in [0.5, 0.6) is 0 Å². The zero-order valence-corrected chi connectivity index (χ0v) is 13.5. The van der Waals surface area contributed by atoms with Crippen LogP contribution in [0, 0.1) is 0 Å². The Morgan fingerprint density at radius 3 is 2.57 bits per heavy atom. The van der Waals surface area contributed by atoms with E-state index >= 15 is 0 Å². The van der Waals surface area contributed by atoms with Crippen LogP contribution in [0.3, 0.4) is 0 Å². The van der Waals surface area contributed by atoms with E-state index in [0.717, 1.165) is 19.3 Å². The summed E-state index contributed by atoms with van der Waals surface area (Å²) in [7, 11) is 0. The number of aliphatic carboxylic acids is 1. The molecule has 0 saturated carbocycles. The number of nitrogens with one attached hydrogen (secondary N) is 1. The number of aliphatic hydroxyl groups excluding tert-OH is 1. The lowest BCUT2D eigenvalue weighted by molar-refractivity contribution is -0.144.